The van der Waals surface area contributed by atoms with Gasteiger partial charge in [-0.25, -0.2) is 0 Å². The van der Waals surface area contributed by atoms with Crippen LogP contribution in [0, 0.1) is 0 Å². The highest BCUT2D eigenvalue weighted by molar-refractivity contribution is 6.33. The molecule has 0 aliphatic heterocycles. The van der Waals surface area contributed by atoms with Crippen LogP contribution in [-0.2, 0) is 21.7 Å². The second-order valence-corrected chi connectivity index (χ2v) is 41.5. The van der Waals surface area contributed by atoms with Crippen LogP contribution in [0.3, 0.4) is 0 Å². The Morgan fingerprint density at radius 3 is 0.776 bits per heavy atom. The maximum atomic E-state index is 7.22. The summed E-state index contributed by atoms with van der Waals surface area (Å²) in [6.45, 7) is 19.1. The van der Waals surface area contributed by atoms with Gasteiger partial charge in [0, 0.05) is 75.9 Å². The van der Waals surface area contributed by atoms with Crippen LogP contribution in [0.4, 0.5) is 0 Å². The van der Waals surface area contributed by atoms with E-state index in [0.717, 1.165) is 110 Å². The van der Waals surface area contributed by atoms with E-state index in [-0.39, 0.29) is 21.7 Å². The fourth-order valence-corrected chi connectivity index (χ4v) is 25.5. The molecule has 15 aromatic carbocycles. The predicted octanol–water partition coefficient (Wildman–Crippen LogP) is 39.4. The Morgan fingerprint density at radius 2 is 0.440 bits per heavy atom. The number of hydrogen-bond acceptors (Lipinski definition) is 4. The van der Waals surface area contributed by atoms with Crippen molar-refractivity contribution in [2.24, 2.45) is 0 Å². The Morgan fingerprint density at radius 1 is 0.179 bits per heavy atom. The average Bonchev–Trinajstić information content (AvgIpc) is 1.54. The summed E-state index contributed by atoms with van der Waals surface area (Å²) in [5.41, 5.74) is 43.2. The zero-order chi connectivity index (χ0) is 90.6. The van der Waals surface area contributed by atoms with Crippen LogP contribution in [0.25, 0.3) is 199 Å². The molecule has 0 N–H and O–H groups in total. The van der Waals surface area contributed by atoms with Gasteiger partial charge in [-0.3, -0.25) is 0 Å². The van der Waals surface area contributed by atoms with Gasteiger partial charge in [-0.2, -0.15) is 0 Å². The normalized spacial score (nSPS) is 14.4. The molecule has 4 aliphatic carbocycles. The molecule has 0 saturated heterocycles. The standard InChI is InChI=1S/C130H126O4/c1-9-13-17-21-25-37-69-129(70-38-26-22-18-14-10-2)107-45-33-29-41-93(107)99-67-61-91(77-113(99)129)89-59-65-97-95-63-57-87(73-109(95)127(5,6)111(97)75-89)83-49-53-85(54-50-83)103-79-119-121(123-101-43-31-35-47-115(101)133-125(103)123)105-81-118-106(82-117(105)131-119)122-120(132-118)80-104(126-124(122)102-44-32-36-48-116(102)134-126)86-55-51-84(52-56-86)88-58-64-96-98-66-60-90(76-112(98)128(7,8)110(96)74-88)92-62-68-100-94-42-30-34-46-108(94)130(114(100)78-92,71-39-27-23-19-15-11-3)72-40-28-24-20-16-12-4/h29-36,41-68,73-82H,9-28,37-40,69-72H2,1-8H3. The van der Waals surface area contributed by atoms with E-state index in [2.05, 4.69) is 334 Å². The highest BCUT2D eigenvalue weighted by Crippen LogP contribution is 2.61. The van der Waals surface area contributed by atoms with Gasteiger partial charge >= 0.3 is 0 Å². The molecule has 0 spiro atoms. The third-order valence-electron chi connectivity index (χ3n) is 32.7. The van der Waals surface area contributed by atoms with Crippen molar-refractivity contribution in [2.75, 3.05) is 0 Å². The summed E-state index contributed by atoms with van der Waals surface area (Å²) < 4.78 is 28.5. The number of fused-ring (bicyclic) bond motifs is 26. The lowest BCUT2D eigenvalue weighted by Gasteiger charge is -2.33. The van der Waals surface area contributed by atoms with Gasteiger partial charge in [0.15, 0.2) is 0 Å². The Bertz CT molecular complexity index is 7250. The fraction of sp³-hybridized carbons (Fsp3) is 0.308. The Balaban J connectivity index is 0.529. The molecule has 4 heteroatoms. The molecule has 670 valence electrons. The number of hydrogen-bond donors (Lipinski definition) is 0. The lowest BCUT2D eigenvalue weighted by atomic mass is 9.70. The van der Waals surface area contributed by atoms with Gasteiger partial charge in [0.1, 0.15) is 44.7 Å². The minimum atomic E-state index is -0.216. The summed E-state index contributed by atoms with van der Waals surface area (Å²) in [5.74, 6) is 0. The Kier molecular flexibility index (Phi) is 22.4. The molecule has 134 heavy (non-hydrogen) atoms. The first-order chi connectivity index (χ1) is 65.7. The van der Waals surface area contributed by atoms with Crippen molar-refractivity contribution in [3.8, 4) is 111 Å². The van der Waals surface area contributed by atoms with E-state index in [0.29, 0.717) is 0 Å². The van der Waals surface area contributed by atoms with E-state index in [9.17, 15) is 0 Å². The van der Waals surface area contributed by atoms with E-state index >= 15 is 0 Å². The number of unbranched alkanes of at least 4 members (excludes halogenated alkanes) is 20. The first-order valence-corrected chi connectivity index (χ1v) is 51.6. The van der Waals surface area contributed by atoms with Gasteiger partial charge in [0.05, 0.1) is 0 Å². The van der Waals surface area contributed by atoms with Gasteiger partial charge in [-0.15, -0.1) is 0 Å². The van der Waals surface area contributed by atoms with Crippen LogP contribution in [0.15, 0.2) is 297 Å². The van der Waals surface area contributed by atoms with Crippen molar-refractivity contribution in [3.63, 3.8) is 0 Å². The van der Waals surface area contributed by atoms with Crippen LogP contribution >= 0.6 is 0 Å². The Hall–Kier alpha value is -12.5. The SMILES string of the molecule is CCCCCCCCC1(CCCCCCCC)c2ccccc2-c2ccc(-c3ccc4c(c3)C(C)(C)c3cc(-c5ccc(-c6cc7oc8cc9c(cc8c7c7c6oc6ccccc67)oc6cc(-c7ccc(-c8ccc%10c(c8)C(C)(C)c8cc(-c%11ccc%12c(c%11)C(CCCCCCCC)(CCCCCCCC)c%11ccccc%11-%12)ccc8-%10)cc7)c7oc8ccccc8c7c69)cc5)ccc3-4)cc21. The minimum absolute atomic E-state index is 0.0345. The smallest absolute Gasteiger partial charge is 0.144 e. The summed E-state index contributed by atoms with van der Waals surface area (Å²) >= 11 is 0. The first kappa shape index (κ1) is 85.7. The molecule has 4 nitrogen and oxygen atoms in total. The molecule has 0 amide bonds. The molecule has 0 saturated carbocycles. The zero-order valence-electron chi connectivity index (χ0n) is 80.0. The molecule has 0 radical (unpaired) electrons. The lowest BCUT2D eigenvalue weighted by Crippen LogP contribution is -2.25. The summed E-state index contributed by atoms with van der Waals surface area (Å²) in [6, 6.07) is 107. The lowest BCUT2D eigenvalue weighted by molar-refractivity contribution is 0.398. The molecule has 0 unspecified atom stereocenters. The molecule has 0 atom stereocenters. The summed E-state index contributed by atoms with van der Waals surface area (Å²) in [7, 11) is 0. The van der Waals surface area contributed by atoms with Crippen molar-refractivity contribution in [1.82, 2.24) is 0 Å². The monoisotopic (exact) mass is 1750 g/mol. The largest absolute Gasteiger partial charge is 0.456 e. The molecule has 4 aliphatic rings. The molecule has 4 aromatic heterocycles. The topological polar surface area (TPSA) is 52.6 Å². The van der Waals surface area contributed by atoms with Crippen LogP contribution in [0.2, 0.25) is 0 Å². The van der Waals surface area contributed by atoms with Crippen molar-refractivity contribution in [1.29, 1.82) is 0 Å². The molecular weight excluding hydrogens is 1630 g/mol. The fourth-order valence-electron chi connectivity index (χ4n) is 25.5. The molecule has 19 aromatic rings. The van der Waals surface area contributed by atoms with Crippen molar-refractivity contribution in [3.05, 3.63) is 324 Å². The third kappa shape index (κ3) is 14.4. The van der Waals surface area contributed by atoms with Gasteiger partial charge in [0.25, 0.3) is 0 Å². The number of furan rings is 4. The second kappa shape index (κ2) is 35.1. The summed E-state index contributed by atoms with van der Waals surface area (Å²) in [5, 5.41) is 8.13. The van der Waals surface area contributed by atoms with Gasteiger partial charge < -0.3 is 17.7 Å². The molecule has 0 fully saturated rings. The third-order valence-corrected chi connectivity index (χ3v) is 32.7. The Labute approximate surface area is 791 Å². The highest BCUT2D eigenvalue weighted by Gasteiger charge is 2.46. The van der Waals surface area contributed by atoms with Gasteiger partial charge in [-0.1, -0.05) is 416 Å². The summed E-state index contributed by atoms with van der Waals surface area (Å²) in [4.78, 5) is 0. The number of benzene rings is 15. The van der Waals surface area contributed by atoms with Crippen LogP contribution in [0.5, 0.6) is 0 Å². The molecular formula is C130H126O4. The molecule has 0 bridgehead atoms. The maximum Gasteiger partial charge on any atom is 0.144 e. The van der Waals surface area contributed by atoms with Crippen LogP contribution in [0.1, 0.15) is 280 Å². The molecule has 23 rings (SSSR count). The maximum absolute atomic E-state index is 7.22. The van der Waals surface area contributed by atoms with Crippen molar-refractivity contribution in [2.45, 2.75) is 257 Å². The highest BCUT2D eigenvalue weighted by atomic mass is 16.3. The zero-order valence-corrected chi connectivity index (χ0v) is 80.0. The van der Waals surface area contributed by atoms with Crippen molar-refractivity contribution < 1.29 is 17.7 Å². The van der Waals surface area contributed by atoms with Gasteiger partial charge in [0.2, 0.25) is 0 Å². The minimum Gasteiger partial charge on any atom is -0.456 e. The molecule has 4 heterocycles. The number of para-hydroxylation sites is 2. The van der Waals surface area contributed by atoms with E-state index in [4.69, 9.17) is 17.7 Å². The second-order valence-electron chi connectivity index (χ2n) is 41.5. The van der Waals surface area contributed by atoms with Gasteiger partial charge in [-0.05, 0) is 243 Å². The average molecular weight is 1750 g/mol. The quantitative estimate of drug-likeness (QED) is 0.0377. The van der Waals surface area contributed by atoms with E-state index < -0.39 is 0 Å². The summed E-state index contributed by atoms with van der Waals surface area (Å²) in [6.07, 6.45) is 36.5. The number of rotatable bonds is 34. The van der Waals surface area contributed by atoms with E-state index in [1.807, 2.05) is 0 Å². The van der Waals surface area contributed by atoms with Crippen molar-refractivity contribution >= 4 is 87.8 Å². The van der Waals surface area contributed by atoms with Crippen LogP contribution in [-0.4, -0.2) is 0 Å². The van der Waals surface area contributed by atoms with E-state index in [1.54, 1.807) is 22.3 Å². The predicted molar refractivity (Wildman–Crippen MR) is 568 cm³/mol. The van der Waals surface area contributed by atoms with Crippen LogP contribution < -0.4 is 0 Å². The van der Waals surface area contributed by atoms with E-state index in [1.165, 1.54) is 291 Å². The first-order valence-electron chi connectivity index (χ1n) is 51.6.